The van der Waals surface area contributed by atoms with Crippen molar-refractivity contribution in [2.75, 3.05) is 11.5 Å². The van der Waals surface area contributed by atoms with Gasteiger partial charge in [-0.2, -0.15) is 11.8 Å². The zero-order valence-corrected chi connectivity index (χ0v) is 9.43. The van der Waals surface area contributed by atoms with Crippen molar-refractivity contribution in [3.8, 4) is 0 Å². The first kappa shape index (κ1) is 14.8. The molecule has 0 saturated carbocycles. The minimum absolute atomic E-state index is 0. The molecular formula is C5H8NNaO4S. The smallest absolute Gasteiger partial charge is 0.549 e. The third-order valence-electron chi connectivity index (χ3n) is 0.820. The van der Waals surface area contributed by atoms with Gasteiger partial charge in [0.1, 0.15) is 0 Å². The maximum Gasteiger partial charge on any atom is 1.00 e. The fourth-order valence-corrected chi connectivity index (χ4v) is 1.01. The second-order valence-corrected chi connectivity index (χ2v) is 2.84. The van der Waals surface area contributed by atoms with Crippen LogP contribution < -0.4 is 45.5 Å². The van der Waals surface area contributed by atoms with Gasteiger partial charge in [0.05, 0.1) is 18.0 Å². The number of hydrogen-bond donors (Lipinski definition) is 1. The molecule has 5 nitrogen and oxygen atoms in total. The first-order valence-electron chi connectivity index (χ1n) is 2.78. The average molecular weight is 201 g/mol. The largest absolute Gasteiger partial charge is 1.00 e. The Morgan fingerprint density at radius 2 is 2.00 bits per heavy atom. The first-order valence-corrected chi connectivity index (χ1v) is 3.93. The van der Waals surface area contributed by atoms with E-state index in [4.69, 9.17) is 5.73 Å². The summed E-state index contributed by atoms with van der Waals surface area (Å²) in [6, 6.07) is -1.11. The van der Waals surface area contributed by atoms with Gasteiger partial charge in [-0.1, -0.05) is 0 Å². The molecule has 0 amide bonds. The number of carboxylic acid groups (broad SMARTS) is 2. The van der Waals surface area contributed by atoms with Crippen LogP contribution in [0.25, 0.3) is 0 Å². The van der Waals surface area contributed by atoms with Gasteiger partial charge in [-0.25, -0.2) is 0 Å². The van der Waals surface area contributed by atoms with E-state index >= 15 is 0 Å². The average Bonchev–Trinajstić information content (AvgIpc) is 1.86. The van der Waals surface area contributed by atoms with Crippen LogP contribution >= 0.6 is 11.8 Å². The van der Waals surface area contributed by atoms with Crippen LogP contribution in [0.1, 0.15) is 1.43 Å². The van der Waals surface area contributed by atoms with Crippen LogP contribution in [-0.2, 0) is 9.59 Å². The number of thioether (sulfide) groups is 1. The van der Waals surface area contributed by atoms with E-state index in [9.17, 15) is 19.8 Å². The summed E-state index contributed by atoms with van der Waals surface area (Å²) in [5, 5.41) is 19.8. The predicted octanol–water partition coefficient (Wildman–Crippen LogP) is -6.34. The molecule has 0 aromatic rings. The van der Waals surface area contributed by atoms with Gasteiger partial charge < -0.3 is 25.5 Å². The Balaban J connectivity index is -0.000000500. The standard InChI is InChI=1S/C5H9NO4S.Na/c6-3(5(9)10)1-11-2-4(7)8;/h3H,1-2,6H2,(H,7,8)(H,9,10);/q;+1/p-1/t3-;/m0./s1. The van der Waals surface area contributed by atoms with Crippen molar-refractivity contribution in [1.29, 1.82) is 0 Å². The molecule has 7 heteroatoms. The molecular weight excluding hydrogens is 193 g/mol. The molecule has 0 saturated heterocycles. The van der Waals surface area contributed by atoms with E-state index in [-0.39, 0.29) is 42.5 Å². The van der Waals surface area contributed by atoms with Crippen LogP contribution in [0.2, 0.25) is 0 Å². The Hall–Kier alpha value is 0.250. The molecule has 1 atom stereocenters. The van der Waals surface area contributed by atoms with E-state index in [0.29, 0.717) is 0 Å². The second kappa shape index (κ2) is 7.88. The summed E-state index contributed by atoms with van der Waals surface area (Å²) in [5.41, 5.74) is 5.01. The summed E-state index contributed by atoms with van der Waals surface area (Å²) in [5.74, 6) is -2.84. The number of aliphatic carboxylic acids is 2. The van der Waals surface area contributed by atoms with Gasteiger partial charge in [0.2, 0.25) is 0 Å². The van der Waals surface area contributed by atoms with E-state index in [2.05, 4.69) is 0 Å². The molecule has 0 radical (unpaired) electrons. The maximum absolute atomic E-state index is 9.96. The van der Waals surface area contributed by atoms with Crippen molar-refractivity contribution < 1.29 is 50.8 Å². The summed E-state index contributed by atoms with van der Waals surface area (Å²) in [6.45, 7) is 0. The quantitative estimate of drug-likeness (QED) is 0.443. The zero-order valence-electron chi connectivity index (χ0n) is 7.61. The molecule has 0 heterocycles. The summed E-state index contributed by atoms with van der Waals surface area (Å²) >= 11 is 0.890. The number of hydrogen-bond acceptors (Lipinski definition) is 6. The van der Waals surface area contributed by atoms with Gasteiger partial charge in [-0.05, 0) is 0 Å². The third-order valence-corrected chi connectivity index (χ3v) is 1.85. The van der Waals surface area contributed by atoms with Gasteiger partial charge in [-0.15, -0.1) is 0 Å². The van der Waals surface area contributed by atoms with Gasteiger partial charge in [0.25, 0.3) is 0 Å². The zero-order chi connectivity index (χ0) is 8.85. The molecule has 0 aliphatic rings. The van der Waals surface area contributed by atoms with Gasteiger partial charge in [0, 0.05) is 11.5 Å². The normalized spacial score (nSPS) is 11.4. The molecule has 64 valence electrons. The van der Waals surface area contributed by atoms with Crippen molar-refractivity contribution >= 4 is 23.7 Å². The second-order valence-electron chi connectivity index (χ2n) is 1.81. The summed E-state index contributed by atoms with van der Waals surface area (Å²) in [7, 11) is 0. The van der Waals surface area contributed by atoms with Crippen molar-refractivity contribution in [2.24, 2.45) is 5.73 Å². The number of carbonyl (C=O) groups excluding carboxylic acids is 2. The SMILES string of the molecule is N[C@@H](CSCC(=O)[O-])C(=O)[O-].[H+].[Na+]. The Kier molecular flexibility index (Phi) is 9.69. The number of rotatable bonds is 5. The van der Waals surface area contributed by atoms with Crippen LogP contribution in [0.4, 0.5) is 0 Å². The van der Waals surface area contributed by atoms with E-state index in [1.807, 2.05) is 0 Å². The van der Waals surface area contributed by atoms with Crippen molar-refractivity contribution in [3.05, 3.63) is 0 Å². The van der Waals surface area contributed by atoms with E-state index in [1.54, 1.807) is 0 Å². The summed E-state index contributed by atoms with van der Waals surface area (Å²) < 4.78 is 0. The van der Waals surface area contributed by atoms with Gasteiger partial charge in [0.15, 0.2) is 0 Å². The van der Waals surface area contributed by atoms with Crippen LogP contribution in [0.3, 0.4) is 0 Å². The minimum atomic E-state index is -1.38. The summed E-state index contributed by atoms with van der Waals surface area (Å²) in [4.78, 5) is 19.8. The molecule has 0 spiro atoms. The minimum Gasteiger partial charge on any atom is -0.549 e. The predicted molar refractivity (Wildman–Crippen MR) is 36.4 cm³/mol. The monoisotopic (exact) mass is 201 g/mol. The molecule has 2 N–H and O–H groups in total. The number of nitrogens with two attached hydrogens (primary N) is 1. The summed E-state index contributed by atoms with van der Waals surface area (Å²) in [6.07, 6.45) is 0. The molecule has 0 unspecified atom stereocenters. The Morgan fingerprint density at radius 1 is 1.50 bits per heavy atom. The molecule has 12 heavy (non-hydrogen) atoms. The Morgan fingerprint density at radius 3 is 2.33 bits per heavy atom. The molecule has 0 aromatic carbocycles. The fourth-order valence-electron chi connectivity index (χ4n) is 0.337. The molecule has 0 bridgehead atoms. The van der Waals surface area contributed by atoms with Crippen LogP contribution in [0.15, 0.2) is 0 Å². The van der Waals surface area contributed by atoms with Crippen LogP contribution in [0.5, 0.6) is 0 Å². The molecule has 0 fully saturated rings. The van der Waals surface area contributed by atoms with E-state index < -0.39 is 18.0 Å². The molecule has 0 aromatic heterocycles. The molecule has 0 aliphatic heterocycles. The van der Waals surface area contributed by atoms with E-state index in [1.165, 1.54) is 0 Å². The van der Waals surface area contributed by atoms with Gasteiger partial charge >= 0.3 is 31.0 Å². The van der Waals surface area contributed by atoms with Crippen LogP contribution in [-0.4, -0.2) is 29.5 Å². The number of carboxylic acids is 2. The fraction of sp³-hybridized carbons (Fsp3) is 0.600. The van der Waals surface area contributed by atoms with E-state index in [0.717, 1.165) is 11.8 Å². The maximum atomic E-state index is 9.96. The Bertz CT molecular complexity index is 171. The van der Waals surface area contributed by atoms with Crippen molar-refractivity contribution in [2.45, 2.75) is 6.04 Å². The van der Waals surface area contributed by atoms with Crippen LogP contribution in [0, 0.1) is 0 Å². The van der Waals surface area contributed by atoms with Crippen molar-refractivity contribution in [3.63, 3.8) is 0 Å². The third kappa shape index (κ3) is 8.35. The molecule has 0 rings (SSSR count). The number of carbonyl (C=O) groups is 2. The van der Waals surface area contributed by atoms with Gasteiger partial charge in [-0.3, -0.25) is 0 Å². The Labute approximate surface area is 97.5 Å². The first-order chi connectivity index (χ1) is 5.04. The molecule has 0 aliphatic carbocycles. The topological polar surface area (TPSA) is 106 Å². The van der Waals surface area contributed by atoms with Crippen molar-refractivity contribution in [1.82, 2.24) is 0 Å².